The number of carbonyl (C=O) groups is 1. The number of rotatable bonds is 2. The lowest BCUT2D eigenvalue weighted by molar-refractivity contribution is -0.150. The minimum atomic E-state index is -0.341. The minimum absolute atomic E-state index is 0.264. The predicted octanol–water partition coefficient (Wildman–Crippen LogP) is 0.753. The van der Waals surface area contributed by atoms with E-state index in [1.807, 2.05) is 11.8 Å². The average Bonchev–Trinajstić information content (AvgIpc) is 2.82. The number of hydrogen-bond donors (Lipinski definition) is 1. The summed E-state index contributed by atoms with van der Waals surface area (Å²) in [4.78, 5) is 14.2. The van der Waals surface area contributed by atoms with Crippen LogP contribution < -0.4 is 5.73 Å². The molecule has 1 saturated carbocycles. The molecule has 2 rings (SSSR count). The summed E-state index contributed by atoms with van der Waals surface area (Å²) in [6.45, 7) is 4.46. The van der Waals surface area contributed by atoms with E-state index in [1.54, 1.807) is 0 Å². The Morgan fingerprint density at radius 1 is 1.50 bits per heavy atom. The zero-order valence-corrected chi connectivity index (χ0v) is 10.1. The molecule has 16 heavy (non-hydrogen) atoms. The van der Waals surface area contributed by atoms with Crippen LogP contribution in [0.5, 0.6) is 0 Å². The Kier molecular flexibility index (Phi) is 3.50. The summed E-state index contributed by atoms with van der Waals surface area (Å²) >= 11 is 0. The lowest BCUT2D eigenvalue weighted by atomic mass is 10.0. The highest BCUT2D eigenvalue weighted by atomic mass is 16.5. The van der Waals surface area contributed by atoms with Gasteiger partial charge in [0.2, 0.25) is 5.91 Å². The van der Waals surface area contributed by atoms with E-state index in [9.17, 15) is 4.79 Å². The van der Waals surface area contributed by atoms with Gasteiger partial charge in [-0.25, -0.2) is 0 Å². The molecule has 1 heterocycles. The summed E-state index contributed by atoms with van der Waals surface area (Å²) in [6, 6.07) is 0. The highest BCUT2D eigenvalue weighted by molar-refractivity contribution is 5.79. The molecule has 2 aliphatic rings. The Morgan fingerprint density at radius 3 is 2.81 bits per heavy atom. The molecule has 0 bridgehead atoms. The zero-order chi connectivity index (χ0) is 11.6. The molecule has 4 heteroatoms. The van der Waals surface area contributed by atoms with Crippen LogP contribution in [0.15, 0.2) is 0 Å². The molecule has 1 saturated heterocycles. The molecule has 92 valence electrons. The summed E-state index contributed by atoms with van der Waals surface area (Å²) in [6.07, 6.45) is 4.54. The fourth-order valence-electron chi connectivity index (χ4n) is 2.67. The maximum absolute atomic E-state index is 12.2. The first-order chi connectivity index (χ1) is 7.64. The van der Waals surface area contributed by atoms with Crippen molar-refractivity contribution >= 4 is 5.91 Å². The first kappa shape index (κ1) is 11.9. The number of carbonyl (C=O) groups excluding carboxylic acids is 1. The third-order valence-corrected chi connectivity index (χ3v) is 3.78. The molecule has 0 aromatic rings. The number of ether oxygens (including phenoxy) is 1. The molecular weight excluding hydrogens is 204 g/mol. The van der Waals surface area contributed by atoms with Crippen LogP contribution in [0.2, 0.25) is 0 Å². The van der Waals surface area contributed by atoms with Crippen molar-refractivity contribution in [3.63, 3.8) is 0 Å². The molecule has 1 unspecified atom stereocenters. The molecule has 4 nitrogen and oxygen atoms in total. The van der Waals surface area contributed by atoms with Gasteiger partial charge in [0.25, 0.3) is 0 Å². The van der Waals surface area contributed by atoms with Crippen LogP contribution in [0.1, 0.15) is 32.6 Å². The van der Waals surface area contributed by atoms with Gasteiger partial charge in [-0.05, 0) is 19.8 Å². The van der Waals surface area contributed by atoms with Gasteiger partial charge < -0.3 is 15.4 Å². The molecule has 0 aromatic heterocycles. The van der Waals surface area contributed by atoms with Crippen LogP contribution in [0.25, 0.3) is 0 Å². The fourth-order valence-corrected chi connectivity index (χ4v) is 2.67. The van der Waals surface area contributed by atoms with Crippen molar-refractivity contribution in [3.8, 4) is 0 Å². The standard InChI is InChI=1S/C12H22N2O2/c1-12(8-13)9-14(6-7-16-12)11(15)10-4-2-3-5-10/h10H,2-9,13H2,1H3. The lowest BCUT2D eigenvalue weighted by Crippen LogP contribution is -2.56. The van der Waals surface area contributed by atoms with Crippen molar-refractivity contribution < 1.29 is 9.53 Å². The maximum Gasteiger partial charge on any atom is 0.225 e. The second kappa shape index (κ2) is 4.72. The summed E-state index contributed by atoms with van der Waals surface area (Å²) in [5.41, 5.74) is 5.35. The van der Waals surface area contributed by atoms with Crippen LogP contribution >= 0.6 is 0 Å². The number of amides is 1. The van der Waals surface area contributed by atoms with E-state index in [0.717, 1.165) is 19.4 Å². The molecule has 1 aliphatic heterocycles. The number of nitrogens with two attached hydrogens (primary N) is 1. The normalized spacial score (nSPS) is 32.0. The van der Waals surface area contributed by atoms with Gasteiger partial charge in [-0.2, -0.15) is 0 Å². The second-order valence-electron chi connectivity index (χ2n) is 5.24. The number of morpholine rings is 1. The largest absolute Gasteiger partial charge is 0.370 e. The molecule has 0 aromatic carbocycles. The van der Waals surface area contributed by atoms with E-state index in [1.165, 1.54) is 12.8 Å². The van der Waals surface area contributed by atoms with Crippen LogP contribution in [0.4, 0.5) is 0 Å². The van der Waals surface area contributed by atoms with Crippen molar-refractivity contribution in [3.05, 3.63) is 0 Å². The van der Waals surface area contributed by atoms with E-state index in [0.29, 0.717) is 25.6 Å². The Bertz CT molecular complexity index is 264. The fraction of sp³-hybridized carbons (Fsp3) is 0.917. The SMILES string of the molecule is CC1(CN)CN(C(=O)C2CCCC2)CCO1. The van der Waals surface area contributed by atoms with E-state index in [4.69, 9.17) is 10.5 Å². The van der Waals surface area contributed by atoms with Gasteiger partial charge in [0, 0.05) is 19.0 Å². The van der Waals surface area contributed by atoms with Gasteiger partial charge >= 0.3 is 0 Å². The van der Waals surface area contributed by atoms with Crippen molar-refractivity contribution in [1.29, 1.82) is 0 Å². The molecule has 2 N–H and O–H groups in total. The van der Waals surface area contributed by atoms with Crippen molar-refractivity contribution in [2.24, 2.45) is 11.7 Å². The molecular formula is C12H22N2O2. The Balaban J connectivity index is 1.95. The third kappa shape index (κ3) is 2.38. The van der Waals surface area contributed by atoms with E-state index in [2.05, 4.69) is 0 Å². The number of hydrogen-bond acceptors (Lipinski definition) is 3. The van der Waals surface area contributed by atoms with Gasteiger partial charge in [0.1, 0.15) is 0 Å². The van der Waals surface area contributed by atoms with Gasteiger partial charge in [0.05, 0.1) is 18.8 Å². The van der Waals surface area contributed by atoms with Crippen molar-refractivity contribution in [2.75, 3.05) is 26.2 Å². The quantitative estimate of drug-likeness (QED) is 0.756. The summed E-state index contributed by atoms with van der Waals surface area (Å²) < 4.78 is 5.64. The first-order valence-corrected chi connectivity index (χ1v) is 6.27. The monoisotopic (exact) mass is 226 g/mol. The summed E-state index contributed by atoms with van der Waals surface area (Å²) in [5, 5.41) is 0. The Morgan fingerprint density at radius 2 is 2.19 bits per heavy atom. The van der Waals surface area contributed by atoms with Crippen molar-refractivity contribution in [1.82, 2.24) is 4.90 Å². The van der Waals surface area contributed by atoms with Gasteiger partial charge in [-0.15, -0.1) is 0 Å². The van der Waals surface area contributed by atoms with Crippen molar-refractivity contribution in [2.45, 2.75) is 38.2 Å². The molecule has 1 amide bonds. The van der Waals surface area contributed by atoms with Gasteiger partial charge in [0.15, 0.2) is 0 Å². The van der Waals surface area contributed by atoms with Gasteiger partial charge in [-0.1, -0.05) is 12.8 Å². The van der Waals surface area contributed by atoms with E-state index < -0.39 is 0 Å². The number of nitrogens with zero attached hydrogens (tertiary/aromatic N) is 1. The highest BCUT2D eigenvalue weighted by Gasteiger charge is 2.35. The molecule has 2 fully saturated rings. The van der Waals surface area contributed by atoms with E-state index >= 15 is 0 Å². The van der Waals surface area contributed by atoms with Crippen LogP contribution in [0.3, 0.4) is 0 Å². The second-order valence-corrected chi connectivity index (χ2v) is 5.24. The topological polar surface area (TPSA) is 55.6 Å². The lowest BCUT2D eigenvalue weighted by Gasteiger charge is -2.40. The average molecular weight is 226 g/mol. The summed E-state index contributed by atoms with van der Waals surface area (Å²) in [7, 11) is 0. The predicted molar refractivity (Wildman–Crippen MR) is 61.9 cm³/mol. The summed E-state index contributed by atoms with van der Waals surface area (Å²) in [5.74, 6) is 0.584. The third-order valence-electron chi connectivity index (χ3n) is 3.78. The van der Waals surface area contributed by atoms with E-state index in [-0.39, 0.29) is 11.5 Å². The minimum Gasteiger partial charge on any atom is -0.370 e. The van der Waals surface area contributed by atoms with Gasteiger partial charge in [-0.3, -0.25) is 4.79 Å². The van der Waals surface area contributed by atoms with Crippen LogP contribution in [-0.2, 0) is 9.53 Å². The Labute approximate surface area is 97.1 Å². The highest BCUT2D eigenvalue weighted by Crippen LogP contribution is 2.28. The molecule has 0 spiro atoms. The molecule has 1 aliphatic carbocycles. The zero-order valence-electron chi connectivity index (χ0n) is 10.1. The van der Waals surface area contributed by atoms with Crippen LogP contribution in [0, 0.1) is 5.92 Å². The maximum atomic E-state index is 12.2. The van der Waals surface area contributed by atoms with Crippen LogP contribution in [-0.4, -0.2) is 42.6 Å². The first-order valence-electron chi connectivity index (χ1n) is 6.27. The molecule has 1 atom stereocenters. The smallest absolute Gasteiger partial charge is 0.225 e. The Hall–Kier alpha value is -0.610. The molecule has 0 radical (unpaired) electrons.